The summed E-state index contributed by atoms with van der Waals surface area (Å²) in [6, 6.07) is 5.80. The molecule has 1 N–H and O–H groups in total. The van der Waals surface area contributed by atoms with Gasteiger partial charge in [-0.2, -0.15) is 13.2 Å². The molecule has 0 bridgehead atoms. The van der Waals surface area contributed by atoms with E-state index in [1.807, 2.05) is 0 Å². The van der Waals surface area contributed by atoms with Gasteiger partial charge >= 0.3 is 6.18 Å². The van der Waals surface area contributed by atoms with E-state index in [0.29, 0.717) is 5.56 Å². The zero-order chi connectivity index (χ0) is 21.9. The van der Waals surface area contributed by atoms with E-state index in [9.17, 15) is 26.7 Å². The normalized spacial score (nSPS) is 12.6. The second-order valence-electron chi connectivity index (χ2n) is 6.12. The van der Waals surface area contributed by atoms with Crippen LogP contribution in [0.15, 0.2) is 47.9 Å². The Bertz CT molecular complexity index is 1040. The number of carbonyl (C=O) groups excluding carboxylic acids is 1. The molecule has 0 radical (unpaired) electrons. The molecule has 1 aromatic carbocycles. The largest absolute Gasteiger partial charge is 0.406 e. The molecule has 2 heterocycles. The molecular weight excluding hydrogens is 429 g/mol. The number of hydrogen-bond acceptors (Lipinski definition) is 5. The maximum atomic E-state index is 13.3. The van der Waals surface area contributed by atoms with E-state index >= 15 is 0 Å². The molecule has 0 aliphatic carbocycles. The van der Waals surface area contributed by atoms with Gasteiger partial charge < -0.3 is 5.32 Å². The van der Waals surface area contributed by atoms with Crippen molar-refractivity contribution < 1.29 is 26.7 Å². The number of hydrogen-bond donors (Lipinski definition) is 1. The number of carbonyl (C=O) groups is 1. The van der Waals surface area contributed by atoms with Crippen LogP contribution in [0, 0.1) is 11.6 Å². The zero-order valence-corrected chi connectivity index (χ0v) is 16.1. The van der Waals surface area contributed by atoms with Gasteiger partial charge in [0.25, 0.3) is 0 Å². The number of anilines is 1. The fraction of sp³-hybridized carbons (Fsp3) is 0.222. The van der Waals surface area contributed by atoms with Crippen molar-refractivity contribution in [3.8, 4) is 11.4 Å². The third-order valence-electron chi connectivity index (χ3n) is 3.83. The smallest absolute Gasteiger partial charge is 0.325 e. The van der Waals surface area contributed by atoms with Gasteiger partial charge in [-0.1, -0.05) is 11.8 Å². The first-order chi connectivity index (χ1) is 14.1. The van der Waals surface area contributed by atoms with Crippen LogP contribution in [0.1, 0.15) is 6.92 Å². The standard InChI is InChI=1S/C18H14F5N5OS/c1-10(16(29)25-12-2-3-13(19)14(20)8-12)30-17-27-26-15(11-4-6-24-7-5-11)28(17)9-18(21,22)23/h2-8,10H,9H2,1H3,(H,25,29). The first-order valence-electron chi connectivity index (χ1n) is 8.47. The van der Waals surface area contributed by atoms with Crippen molar-refractivity contribution in [2.45, 2.75) is 30.1 Å². The minimum absolute atomic E-state index is 0.0144. The van der Waals surface area contributed by atoms with Gasteiger partial charge in [0.1, 0.15) is 6.54 Å². The van der Waals surface area contributed by atoms with E-state index < -0.39 is 35.5 Å². The highest BCUT2D eigenvalue weighted by molar-refractivity contribution is 8.00. The lowest BCUT2D eigenvalue weighted by Gasteiger charge is -2.15. The van der Waals surface area contributed by atoms with Crippen LogP contribution in [0.5, 0.6) is 0 Å². The van der Waals surface area contributed by atoms with Gasteiger partial charge in [0.2, 0.25) is 5.91 Å². The van der Waals surface area contributed by atoms with Gasteiger partial charge in [0, 0.05) is 29.7 Å². The molecule has 3 rings (SSSR count). The molecule has 12 heteroatoms. The van der Waals surface area contributed by atoms with E-state index in [1.54, 1.807) is 0 Å². The van der Waals surface area contributed by atoms with Crippen molar-refractivity contribution in [3.63, 3.8) is 0 Å². The summed E-state index contributed by atoms with van der Waals surface area (Å²) >= 11 is 0.755. The Kier molecular flexibility index (Phi) is 6.34. The molecule has 0 saturated heterocycles. The molecule has 0 aliphatic rings. The summed E-state index contributed by atoms with van der Waals surface area (Å²) in [5, 5.41) is 8.99. The van der Waals surface area contributed by atoms with E-state index in [0.717, 1.165) is 28.5 Å². The molecule has 6 nitrogen and oxygen atoms in total. The molecular formula is C18H14F5N5OS. The van der Waals surface area contributed by atoms with Gasteiger partial charge in [-0.3, -0.25) is 14.3 Å². The minimum atomic E-state index is -4.55. The first kappa shape index (κ1) is 21.7. The molecule has 1 atom stereocenters. The number of aromatic nitrogens is 4. The molecule has 30 heavy (non-hydrogen) atoms. The lowest BCUT2D eigenvalue weighted by atomic mass is 10.2. The summed E-state index contributed by atoms with van der Waals surface area (Å²) in [5.74, 6) is -2.86. The average Bonchev–Trinajstić information content (AvgIpc) is 3.06. The number of pyridine rings is 1. The van der Waals surface area contributed by atoms with Crippen molar-refractivity contribution in [2.24, 2.45) is 0 Å². The van der Waals surface area contributed by atoms with Crippen LogP contribution in [0.3, 0.4) is 0 Å². The second kappa shape index (κ2) is 8.78. The molecule has 0 aliphatic heterocycles. The second-order valence-corrected chi connectivity index (χ2v) is 7.43. The van der Waals surface area contributed by atoms with Crippen LogP contribution in [0.4, 0.5) is 27.6 Å². The quantitative estimate of drug-likeness (QED) is 0.454. The molecule has 0 saturated carbocycles. The van der Waals surface area contributed by atoms with Crippen LogP contribution in [0.25, 0.3) is 11.4 Å². The first-order valence-corrected chi connectivity index (χ1v) is 9.35. The molecule has 3 aromatic rings. The van der Waals surface area contributed by atoms with Crippen molar-refractivity contribution in [1.29, 1.82) is 0 Å². The highest BCUT2D eigenvalue weighted by Gasteiger charge is 2.32. The van der Waals surface area contributed by atoms with Crippen molar-refractivity contribution in [3.05, 3.63) is 54.4 Å². The summed E-state index contributed by atoms with van der Waals surface area (Å²) in [4.78, 5) is 16.2. The number of halogens is 5. The van der Waals surface area contributed by atoms with Crippen LogP contribution < -0.4 is 5.32 Å². The van der Waals surface area contributed by atoms with Crippen molar-refractivity contribution in [2.75, 3.05) is 5.32 Å². The average molecular weight is 443 g/mol. The Labute approximate surface area is 171 Å². The molecule has 158 valence electrons. The van der Waals surface area contributed by atoms with E-state index in [4.69, 9.17) is 0 Å². The third kappa shape index (κ3) is 5.32. The SMILES string of the molecule is CC(Sc1nnc(-c2ccncc2)n1CC(F)(F)F)C(=O)Nc1ccc(F)c(F)c1. The van der Waals surface area contributed by atoms with Gasteiger partial charge in [-0.05, 0) is 31.2 Å². The number of thioether (sulfide) groups is 1. The lowest BCUT2D eigenvalue weighted by molar-refractivity contribution is -0.141. The van der Waals surface area contributed by atoms with Gasteiger partial charge in [-0.25, -0.2) is 8.78 Å². The van der Waals surface area contributed by atoms with Gasteiger partial charge in [-0.15, -0.1) is 10.2 Å². The third-order valence-corrected chi connectivity index (χ3v) is 4.91. The fourth-order valence-electron chi connectivity index (χ4n) is 2.44. The maximum Gasteiger partial charge on any atom is 0.406 e. The van der Waals surface area contributed by atoms with E-state index in [2.05, 4.69) is 20.5 Å². The Morgan fingerprint density at radius 3 is 2.47 bits per heavy atom. The molecule has 2 aromatic heterocycles. The summed E-state index contributed by atoms with van der Waals surface area (Å²) in [5.41, 5.74) is 0.396. The predicted molar refractivity (Wildman–Crippen MR) is 99.6 cm³/mol. The van der Waals surface area contributed by atoms with Crippen LogP contribution >= 0.6 is 11.8 Å². The van der Waals surface area contributed by atoms with Crippen LogP contribution in [-0.2, 0) is 11.3 Å². The Morgan fingerprint density at radius 1 is 1.13 bits per heavy atom. The highest BCUT2D eigenvalue weighted by Crippen LogP contribution is 2.30. The lowest BCUT2D eigenvalue weighted by Crippen LogP contribution is -2.24. The minimum Gasteiger partial charge on any atom is -0.325 e. The molecule has 0 spiro atoms. The number of rotatable bonds is 6. The summed E-state index contributed by atoms with van der Waals surface area (Å²) in [7, 11) is 0. The molecule has 1 amide bonds. The van der Waals surface area contributed by atoms with Crippen molar-refractivity contribution >= 4 is 23.4 Å². The maximum absolute atomic E-state index is 13.3. The predicted octanol–water partition coefficient (Wildman–Crippen LogP) is 4.30. The number of nitrogens with zero attached hydrogens (tertiary/aromatic N) is 4. The summed E-state index contributed by atoms with van der Waals surface area (Å²) in [6.07, 6.45) is -1.73. The van der Waals surface area contributed by atoms with Gasteiger partial charge in [0.15, 0.2) is 22.6 Å². The summed E-state index contributed by atoms with van der Waals surface area (Å²) < 4.78 is 66.5. The number of alkyl halides is 3. The Balaban J connectivity index is 1.81. The molecule has 1 unspecified atom stereocenters. The number of nitrogens with one attached hydrogen (secondary N) is 1. The van der Waals surface area contributed by atoms with Gasteiger partial charge in [0.05, 0.1) is 5.25 Å². The van der Waals surface area contributed by atoms with Crippen molar-refractivity contribution in [1.82, 2.24) is 19.7 Å². The zero-order valence-electron chi connectivity index (χ0n) is 15.3. The monoisotopic (exact) mass is 443 g/mol. The molecule has 0 fully saturated rings. The van der Waals surface area contributed by atoms with Crippen LogP contribution in [-0.4, -0.2) is 37.1 Å². The number of amides is 1. The number of benzene rings is 1. The summed E-state index contributed by atoms with van der Waals surface area (Å²) in [6.45, 7) is 0.0934. The van der Waals surface area contributed by atoms with E-state index in [1.165, 1.54) is 37.5 Å². The Morgan fingerprint density at radius 2 is 1.83 bits per heavy atom. The van der Waals surface area contributed by atoms with E-state index in [-0.39, 0.29) is 16.7 Å². The highest BCUT2D eigenvalue weighted by atomic mass is 32.2. The fourth-order valence-corrected chi connectivity index (χ4v) is 3.29. The Hall–Kier alpha value is -3.02. The van der Waals surface area contributed by atoms with Crippen LogP contribution in [0.2, 0.25) is 0 Å². The topological polar surface area (TPSA) is 72.7 Å².